The van der Waals surface area contributed by atoms with Crippen molar-refractivity contribution in [1.82, 2.24) is 0 Å². The minimum atomic E-state index is 0.0605. The first-order chi connectivity index (χ1) is 9.85. The Kier molecular flexibility index (Phi) is 3.66. The van der Waals surface area contributed by atoms with Crippen LogP contribution in [0.15, 0.2) is 66.7 Å². The second-order valence-electron chi connectivity index (χ2n) is 4.77. The van der Waals surface area contributed by atoms with Gasteiger partial charge in [0.1, 0.15) is 12.4 Å². The Morgan fingerprint density at radius 2 is 1.45 bits per heavy atom. The minimum Gasteiger partial charge on any atom is -0.489 e. The summed E-state index contributed by atoms with van der Waals surface area (Å²) in [6.45, 7) is 0.605. The van der Waals surface area contributed by atoms with Gasteiger partial charge in [-0.3, -0.25) is 0 Å². The van der Waals surface area contributed by atoms with Crippen LogP contribution in [-0.4, -0.2) is 5.11 Å². The monoisotopic (exact) mass is 264 g/mol. The van der Waals surface area contributed by atoms with Crippen LogP contribution in [0.25, 0.3) is 10.8 Å². The highest BCUT2D eigenvalue weighted by Crippen LogP contribution is 2.18. The van der Waals surface area contributed by atoms with E-state index in [0.717, 1.165) is 16.9 Å². The van der Waals surface area contributed by atoms with Gasteiger partial charge in [0.2, 0.25) is 0 Å². The van der Waals surface area contributed by atoms with E-state index < -0.39 is 0 Å². The number of fused-ring (bicyclic) bond motifs is 1. The minimum absolute atomic E-state index is 0.0605. The molecule has 3 rings (SSSR count). The molecule has 1 N–H and O–H groups in total. The van der Waals surface area contributed by atoms with Crippen molar-refractivity contribution in [3.05, 3.63) is 77.9 Å². The van der Waals surface area contributed by atoms with Gasteiger partial charge in [-0.25, -0.2) is 0 Å². The molecule has 3 aromatic rings. The summed E-state index contributed by atoms with van der Waals surface area (Å²) < 4.78 is 5.76. The molecule has 0 saturated carbocycles. The first kappa shape index (κ1) is 12.7. The third-order valence-electron chi connectivity index (χ3n) is 3.33. The van der Waals surface area contributed by atoms with Gasteiger partial charge in [0, 0.05) is 0 Å². The Labute approximate surface area is 118 Å². The predicted octanol–water partition coefficient (Wildman–Crippen LogP) is 3.91. The summed E-state index contributed by atoms with van der Waals surface area (Å²) in [5.41, 5.74) is 2.04. The van der Waals surface area contributed by atoms with E-state index in [1.165, 1.54) is 10.8 Å². The van der Waals surface area contributed by atoms with Gasteiger partial charge in [-0.05, 0) is 40.1 Å². The summed E-state index contributed by atoms with van der Waals surface area (Å²) in [5.74, 6) is 0.815. The normalized spacial score (nSPS) is 10.7. The number of hydrogen-bond donors (Lipinski definition) is 1. The average Bonchev–Trinajstić information content (AvgIpc) is 2.53. The molecule has 0 aliphatic rings. The van der Waals surface area contributed by atoms with Crippen LogP contribution in [0, 0.1) is 0 Å². The van der Waals surface area contributed by atoms with Crippen LogP contribution in [-0.2, 0) is 13.2 Å². The number of ether oxygens (including phenoxy) is 1. The summed E-state index contributed by atoms with van der Waals surface area (Å²) in [5, 5.41) is 11.5. The molecule has 0 aromatic heterocycles. The smallest absolute Gasteiger partial charge is 0.119 e. The van der Waals surface area contributed by atoms with Gasteiger partial charge in [-0.15, -0.1) is 0 Å². The van der Waals surface area contributed by atoms with Crippen LogP contribution >= 0.6 is 0 Å². The molecule has 100 valence electrons. The van der Waals surface area contributed by atoms with E-state index in [1.54, 1.807) is 0 Å². The number of benzene rings is 3. The van der Waals surface area contributed by atoms with E-state index in [-0.39, 0.29) is 6.61 Å². The van der Waals surface area contributed by atoms with E-state index in [4.69, 9.17) is 9.84 Å². The maximum Gasteiger partial charge on any atom is 0.119 e. The van der Waals surface area contributed by atoms with Crippen LogP contribution in [0.4, 0.5) is 0 Å². The number of hydrogen-bond acceptors (Lipinski definition) is 2. The molecule has 0 unspecified atom stereocenters. The van der Waals surface area contributed by atoms with Gasteiger partial charge in [0.05, 0.1) is 6.61 Å². The summed E-state index contributed by atoms with van der Waals surface area (Å²) in [7, 11) is 0. The van der Waals surface area contributed by atoms with Crippen molar-refractivity contribution < 1.29 is 9.84 Å². The SMILES string of the molecule is OCc1ccc(OCc2ccc3ccccc3c2)cc1. The molecule has 0 aliphatic heterocycles. The highest BCUT2D eigenvalue weighted by molar-refractivity contribution is 5.82. The summed E-state index contributed by atoms with van der Waals surface area (Å²) >= 11 is 0. The van der Waals surface area contributed by atoms with Crippen LogP contribution in [0.3, 0.4) is 0 Å². The van der Waals surface area contributed by atoms with Crippen LogP contribution in [0.5, 0.6) is 5.75 Å². The Morgan fingerprint density at radius 3 is 2.20 bits per heavy atom. The second kappa shape index (κ2) is 5.76. The fourth-order valence-corrected chi connectivity index (χ4v) is 2.19. The standard InChI is InChI=1S/C18H16O2/c19-12-14-6-9-18(10-7-14)20-13-15-5-8-16-3-1-2-4-17(16)11-15/h1-11,19H,12-13H2. The summed E-state index contributed by atoms with van der Waals surface area (Å²) in [6, 6.07) is 22.2. The fraction of sp³-hybridized carbons (Fsp3) is 0.111. The number of aliphatic hydroxyl groups is 1. The lowest BCUT2D eigenvalue weighted by Gasteiger charge is -2.08. The van der Waals surface area contributed by atoms with Crippen LogP contribution in [0.1, 0.15) is 11.1 Å². The lowest BCUT2D eigenvalue weighted by molar-refractivity contribution is 0.280. The van der Waals surface area contributed by atoms with E-state index >= 15 is 0 Å². The van der Waals surface area contributed by atoms with Crippen molar-refractivity contribution in [1.29, 1.82) is 0 Å². The fourth-order valence-electron chi connectivity index (χ4n) is 2.19. The highest BCUT2D eigenvalue weighted by atomic mass is 16.5. The quantitative estimate of drug-likeness (QED) is 0.774. The van der Waals surface area contributed by atoms with Crippen LogP contribution in [0.2, 0.25) is 0 Å². The predicted molar refractivity (Wildman–Crippen MR) is 80.6 cm³/mol. The number of rotatable bonds is 4. The van der Waals surface area contributed by atoms with Gasteiger partial charge in [0.15, 0.2) is 0 Å². The van der Waals surface area contributed by atoms with E-state index in [1.807, 2.05) is 36.4 Å². The van der Waals surface area contributed by atoms with Gasteiger partial charge in [-0.1, -0.05) is 48.5 Å². The van der Waals surface area contributed by atoms with Crippen molar-refractivity contribution in [3.8, 4) is 5.75 Å². The molecular formula is C18H16O2. The highest BCUT2D eigenvalue weighted by Gasteiger charge is 1.99. The molecule has 2 nitrogen and oxygen atoms in total. The Balaban J connectivity index is 1.72. The van der Waals surface area contributed by atoms with Gasteiger partial charge in [-0.2, -0.15) is 0 Å². The Bertz CT molecular complexity index is 702. The molecule has 3 aromatic carbocycles. The van der Waals surface area contributed by atoms with Gasteiger partial charge in [0.25, 0.3) is 0 Å². The summed E-state index contributed by atoms with van der Waals surface area (Å²) in [6.07, 6.45) is 0. The Morgan fingerprint density at radius 1 is 0.750 bits per heavy atom. The van der Waals surface area contributed by atoms with Gasteiger partial charge >= 0.3 is 0 Å². The topological polar surface area (TPSA) is 29.5 Å². The largest absolute Gasteiger partial charge is 0.489 e. The zero-order valence-electron chi connectivity index (χ0n) is 11.1. The molecule has 0 saturated heterocycles. The third-order valence-corrected chi connectivity index (χ3v) is 3.33. The molecule has 20 heavy (non-hydrogen) atoms. The zero-order chi connectivity index (χ0) is 13.8. The maximum absolute atomic E-state index is 9.00. The lowest BCUT2D eigenvalue weighted by atomic mass is 10.1. The molecule has 0 aliphatic carbocycles. The molecule has 0 heterocycles. The Hall–Kier alpha value is -2.32. The number of aliphatic hydroxyl groups excluding tert-OH is 1. The van der Waals surface area contributed by atoms with Crippen molar-refractivity contribution in [3.63, 3.8) is 0 Å². The molecule has 0 radical (unpaired) electrons. The molecule has 0 fully saturated rings. The first-order valence-corrected chi connectivity index (χ1v) is 6.65. The second-order valence-corrected chi connectivity index (χ2v) is 4.77. The lowest BCUT2D eigenvalue weighted by Crippen LogP contribution is -1.95. The zero-order valence-corrected chi connectivity index (χ0v) is 11.1. The molecule has 0 amide bonds. The third kappa shape index (κ3) is 2.81. The van der Waals surface area contributed by atoms with Crippen molar-refractivity contribution >= 4 is 10.8 Å². The van der Waals surface area contributed by atoms with E-state index in [9.17, 15) is 0 Å². The van der Waals surface area contributed by atoms with Crippen molar-refractivity contribution in [2.75, 3.05) is 0 Å². The molecule has 0 spiro atoms. The molecular weight excluding hydrogens is 248 g/mol. The van der Waals surface area contributed by atoms with E-state index in [2.05, 4.69) is 30.3 Å². The maximum atomic E-state index is 9.00. The van der Waals surface area contributed by atoms with E-state index in [0.29, 0.717) is 6.61 Å². The first-order valence-electron chi connectivity index (χ1n) is 6.65. The average molecular weight is 264 g/mol. The van der Waals surface area contributed by atoms with Crippen molar-refractivity contribution in [2.45, 2.75) is 13.2 Å². The van der Waals surface area contributed by atoms with Crippen LogP contribution < -0.4 is 4.74 Å². The van der Waals surface area contributed by atoms with Crippen molar-refractivity contribution in [2.24, 2.45) is 0 Å². The summed E-state index contributed by atoms with van der Waals surface area (Å²) in [4.78, 5) is 0. The van der Waals surface area contributed by atoms with Gasteiger partial charge < -0.3 is 9.84 Å². The molecule has 0 bridgehead atoms. The molecule has 0 atom stereocenters. The molecule has 2 heteroatoms.